The predicted molar refractivity (Wildman–Crippen MR) is 56.6 cm³/mol. The van der Waals surface area contributed by atoms with E-state index in [1.165, 1.54) is 18.4 Å². The van der Waals surface area contributed by atoms with Crippen molar-refractivity contribution in [1.29, 1.82) is 0 Å². The van der Waals surface area contributed by atoms with Gasteiger partial charge in [-0.1, -0.05) is 6.07 Å². The fourth-order valence-electron chi connectivity index (χ4n) is 1.31. The zero-order valence-corrected chi connectivity index (χ0v) is 8.86. The smallest absolute Gasteiger partial charge is 0.101 e. The lowest BCUT2D eigenvalue weighted by Crippen LogP contribution is -2.12. The Morgan fingerprint density at radius 2 is 2.25 bits per heavy atom. The molecule has 12 heavy (non-hydrogen) atoms. The maximum absolute atomic E-state index is 6.01. The number of halogens is 1. The molecule has 0 saturated heterocycles. The van der Waals surface area contributed by atoms with E-state index in [4.69, 9.17) is 5.73 Å². The van der Waals surface area contributed by atoms with Crippen molar-refractivity contribution in [3.63, 3.8) is 0 Å². The third kappa shape index (κ3) is 1.77. The molecular formula is C9H11IN2. The largest absolute Gasteiger partial charge is 0.324 e. The Bertz CT molecular complexity index is 266. The van der Waals surface area contributed by atoms with E-state index in [1.807, 2.05) is 12.3 Å². The fraction of sp³-hybridized carbons (Fsp3) is 0.444. The molecule has 3 heteroatoms. The lowest BCUT2D eigenvalue weighted by Gasteiger charge is -2.09. The van der Waals surface area contributed by atoms with Gasteiger partial charge in [0.05, 0.1) is 0 Å². The van der Waals surface area contributed by atoms with Crippen LogP contribution in [0.15, 0.2) is 18.3 Å². The molecule has 1 fully saturated rings. The SMILES string of the molecule is N[C@H](c1ccc(I)nc1)C1CC1. The van der Waals surface area contributed by atoms with Gasteiger partial charge in [-0.15, -0.1) is 0 Å². The van der Waals surface area contributed by atoms with Crippen molar-refractivity contribution >= 4 is 22.6 Å². The summed E-state index contributed by atoms with van der Waals surface area (Å²) in [6.45, 7) is 0. The topological polar surface area (TPSA) is 38.9 Å². The minimum atomic E-state index is 0.217. The molecule has 2 N–H and O–H groups in total. The van der Waals surface area contributed by atoms with Gasteiger partial charge in [-0.25, -0.2) is 4.98 Å². The van der Waals surface area contributed by atoms with E-state index in [2.05, 4.69) is 33.6 Å². The molecule has 1 aliphatic carbocycles. The van der Waals surface area contributed by atoms with Crippen LogP contribution < -0.4 is 5.73 Å². The summed E-state index contributed by atoms with van der Waals surface area (Å²) in [6, 6.07) is 4.31. The first-order chi connectivity index (χ1) is 5.77. The highest BCUT2D eigenvalue weighted by molar-refractivity contribution is 14.1. The third-order valence-electron chi connectivity index (χ3n) is 2.27. The molecule has 0 aromatic carbocycles. The molecule has 1 aromatic heterocycles. The van der Waals surface area contributed by atoms with E-state index in [1.54, 1.807) is 0 Å². The first kappa shape index (κ1) is 8.44. The molecule has 0 radical (unpaired) electrons. The van der Waals surface area contributed by atoms with E-state index in [9.17, 15) is 0 Å². The molecule has 0 aliphatic heterocycles. The Balaban J connectivity index is 2.16. The standard InChI is InChI=1S/C9H11IN2/c10-8-4-3-7(5-12-8)9(11)6-1-2-6/h3-6,9H,1-2,11H2/t9-/m0/s1. The molecule has 64 valence electrons. The van der Waals surface area contributed by atoms with Gasteiger partial charge in [0.25, 0.3) is 0 Å². The van der Waals surface area contributed by atoms with Crippen molar-refractivity contribution in [1.82, 2.24) is 4.98 Å². The molecule has 0 amide bonds. The molecule has 1 atom stereocenters. The first-order valence-electron chi connectivity index (χ1n) is 4.14. The number of rotatable bonds is 2. The zero-order chi connectivity index (χ0) is 8.55. The minimum Gasteiger partial charge on any atom is -0.324 e. The van der Waals surface area contributed by atoms with E-state index >= 15 is 0 Å². The summed E-state index contributed by atoms with van der Waals surface area (Å²) in [5.41, 5.74) is 7.19. The van der Waals surface area contributed by atoms with Crippen molar-refractivity contribution in [2.45, 2.75) is 18.9 Å². The van der Waals surface area contributed by atoms with Crippen molar-refractivity contribution < 1.29 is 0 Å². The fourth-order valence-corrected chi connectivity index (χ4v) is 1.63. The lowest BCUT2D eigenvalue weighted by molar-refractivity contribution is 0.630. The van der Waals surface area contributed by atoms with Gasteiger partial charge in [0.1, 0.15) is 3.70 Å². The molecule has 1 aliphatic rings. The van der Waals surface area contributed by atoms with Gasteiger partial charge >= 0.3 is 0 Å². The molecule has 1 saturated carbocycles. The van der Waals surface area contributed by atoms with Crippen LogP contribution in [0.1, 0.15) is 24.4 Å². The molecule has 0 spiro atoms. The van der Waals surface area contributed by atoms with Crippen LogP contribution in [0.2, 0.25) is 0 Å². The van der Waals surface area contributed by atoms with Gasteiger partial charge in [-0.3, -0.25) is 0 Å². The Labute approximate surface area is 85.7 Å². The Kier molecular flexibility index (Phi) is 2.32. The van der Waals surface area contributed by atoms with Crippen molar-refractivity contribution in [3.05, 3.63) is 27.6 Å². The number of pyridine rings is 1. The second kappa shape index (κ2) is 3.30. The van der Waals surface area contributed by atoms with Crippen LogP contribution in [-0.2, 0) is 0 Å². The summed E-state index contributed by atoms with van der Waals surface area (Å²) < 4.78 is 1.03. The molecule has 1 heterocycles. The quantitative estimate of drug-likeness (QED) is 0.662. The zero-order valence-electron chi connectivity index (χ0n) is 6.70. The second-order valence-electron chi connectivity index (χ2n) is 3.28. The van der Waals surface area contributed by atoms with Crippen LogP contribution in [0.4, 0.5) is 0 Å². The maximum Gasteiger partial charge on any atom is 0.101 e. The molecule has 2 nitrogen and oxygen atoms in total. The van der Waals surface area contributed by atoms with Crippen LogP contribution in [0.3, 0.4) is 0 Å². The Hall–Kier alpha value is -0.160. The molecule has 0 unspecified atom stereocenters. The minimum absolute atomic E-state index is 0.217. The summed E-state index contributed by atoms with van der Waals surface area (Å²) >= 11 is 2.20. The molecule has 1 aromatic rings. The predicted octanol–water partition coefficient (Wildman–Crippen LogP) is 2.10. The van der Waals surface area contributed by atoms with Crippen LogP contribution >= 0.6 is 22.6 Å². The Morgan fingerprint density at radius 3 is 2.75 bits per heavy atom. The van der Waals surface area contributed by atoms with Crippen molar-refractivity contribution in [3.8, 4) is 0 Å². The van der Waals surface area contributed by atoms with E-state index in [-0.39, 0.29) is 6.04 Å². The number of hydrogen-bond donors (Lipinski definition) is 1. The highest BCUT2D eigenvalue weighted by Gasteiger charge is 2.29. The number of aromatic nitrogens is 1. The van der Waals surface area contributed by atoms with Crippen LogP contribution in [0.25, 0.3) is 0 Å². The average molecular weight is 274 g/mol. The highest BCUT2D eigenvalue weighted by Crippen LogP contribution is 2.39. The van der Waals surface area contributed by atoms with Gasteiger partial charge in [0.15, 0.2) is 0 Å². The summed E-state index contributed by atoms with van der Waals surface area (Å²) in [4.78, 5) is 4.22. The van der Waals surface area contributed by atoms with Crippen LogP contribution in [-0.4, -0.2) is 4.98 Å². The van der Waals surface area contributed by atoms with Crippen molar-refractivity contribution in [2.75, 3.05) is 0 Å². The normalized spacial score (nSPS) is 19.2. The lowest BCUT2D eigenvalue weighted by atomic mass is 10.1. The summed E-state index contributed by atoms with van der Waals surface area (Å²) in [6.07, 6.45) is 4.46. The second-order valence-corrected chi connectivity index (χ2v) is 4.38. The highest BCUT2D eigenvalue weighted by atomic mass is 127. The average Bonchev–Trinajstić information content (AvgIpc) is 2.87. The molecule has 0 bridgehead atoms. The monoisotopic (exact) mass is 274 g/mol. The number of nitrogens with zero attached hydrogens (tertiary/aromatic N) is 1. The van der Waals surface area contributed by atoms with Crippen LogP contribution in [0.5, 0.6) is 0 Å². The van der Waals surface area contributed by atoms with Gasteiger partial charge in [-0.05, 0) is 53.0 Å². The first-order valence-corrected chi connectivity index (χ1v) is 5.22. The van der Waals surface area contributed by atoms with Gasteiger partial charge in [-0.2, -0.15) is 0 Å². The third-order valence-corrected chi connectivity index (χ3v) is 2.90. The Morgan fingerprint density at radius 1 is 1.50 bits per heavy atom. The number of nitrogens with two attached hydrogens (primary N) is 1. The van der Waals surface area contributed by atoms with Gasteiger partial charge in [0.2, 0.25) is 0 Å². The molecular weight excluding hydrogens is 263 g/mol. The van der Waals surface area contributed by atoms with Gasteiger partial charge in [0, 0.05) is 12.2 Å². The van der Waals surface area contributed by atoms with Crippen molar-refractivity contribution in [2.24, 2.45) is 11.7 Å². The van der Waals surface area contributed by atoms with E-state index in [0.29, 0.717) is 5.92 Å². The van der Waals surface area contributed by atoms with Crippen LogP contribution in [0, 0.1) is 9.62 Å². The van der Waals surface area contributed by atoms with E-state index in [0.717, 1.165) is 3.70 Å². The summed E-state index contributed by atoms with van der Waals surface area (Å²) in [5.74, 6) is 0.715. The maximum atomic E-state index is 6.01. The van der Waals surface area contributed by atoms with E-state index < -0.39 is 0 Å². The number of hydrogen-bond acceptors (Lipinski definition) is 2. The van der Waals surface area contributed by atoms with Gasteiger partial charge < -0.3 is 5.73 Å². The summed E-state index contributed by atoms with van der Waals surface area (Å²) in [5, 5.41) is 0. The molecule has 2 rings (SSSR count). The summed E-state index contributed by atoms with van der Waals surface area (Å²) in [7, 11) is 0.